The Bertz CT molecular complexity index is 1270. The van der Waals surface area contributed by atoms with Crippen LogP contribution in [0.4, 0.5) is 4.39 Å². The number of halogens is 1. The highest BCUT2D eigenvalue weighted by molar-refractivity contribution is 6.19. The first-order chi connectivity index (χ1) is 13.9. The average Bonchev–Trinajstić information content (AvgIpc) is 3.27. The van der Waals surface area contributed by atoms with Crippen LogP contribution in [-0.4, -0.2) is 28.6 Å². The summed E-state index contributed by atoms with van der Waals surface area (Å²) in [5.41, 5.74) is 2.55. The van der Waals surface area contributed by atoms with Crippen molar-refractivity contribution in [1.29, 1.82) is 0 Å². The first kappa shape index (κ1) is 18.6. The second-order valence-electron chi connectivity index (χ2n) is 6.68. The Morgan fingerprint density at radius 1 is 1.17 bits per heavy atom. The summed E-state index contributed by atoms with van der Waals surface area (Å²) in [6.07, 6.45) is 1.69. The van der Waals surface area contributed by atoms with Crippen LogP contribution >= 0.6 is 0 Å². The Hall–Kier alpha value is -3.74. The highest BCUT2D eigenvalue weighted by Gasteiger charge is 2.26. The minimum Gasteiger partial charge on any atom is -0.465 e. The SMILES string of the molecule is COC(=O)c1ccc2c(C(=O)c3c(-c4cccc(F)c4)noc3C)cn(C)c2c1. The minimum atomic E-state index is -0.454. The molecule has 146 valence electrons. The number of esters is 1. The number of methoxy groups -OCH3 is 1. The minimum absolute atomic E-state index is 0.278. The molecule has 4 rings (SSSR count). The quantitative estimate of drug-likeness (QED) is 0.382. The van der Waals surface area contributed by atoms with E-state index < -0.39 is 11.8 Å². The first-order valence-corrected chi connectivity index (χ1v) is 8.85. The lowest BCUT2D eigenvalue weighted by Gasteiger charge is -2.03. The highest BCUT2D eigenvalue weighted by atomic mass is 19.1. The van der Waals surface area contributed by atoms with Crippen molar-refractivity contribution in [2.24, 2.45) is 7.05 Å². The molecule has 0 saturated carbocycles. The Kier molecular flexibility index (Phi) is 4.50. The van der Waals surface area contributed by atoms with Crippen molar-refractivity contribution in [2.75, 3.05) is 7.11 Å². The summed E-state index contributed by atoms with van der Waals surface area (Å²) in [6.45, 7) is 1.64. The van der Waals surface area contributed by atoms with E-state index in [1.807, 2.05) is 0 Å². The fourth-order valence-corrected chi connectivity index (χ4v) is 3.42. The van der Waals surface area contributed by atoms with Gasteiger partial charge >= 0.3 is 5.97 Å². The fraction of sp³-hybridized carbons (Fsp3) is 0.136. The van der Waals surface area contributed by atoms with Crippen molar-refractivity contribution in [1.82, 2.24) is 9.72 Å². The monoisotopic (exact) mass is 392 g/mol. The number of rotatable bonds is 4. The average molecular weight is 392 g/mol. The van der Waals surface area contributed by atoms with Crippen LogP contribution in [0.2, 0.25) is 0 Å². The van der Waals surface area contributed by atoms with E-state index in [1.54, 1.807) is 55.1 Å². The van der Waals surface area contributed by atoms with Crippen LogP contribution in [0.3, 0.4) is 0 Å². The summed E-state index contributed by atoms with van der Waals surface area (Å²) in [5.74, 6) is -0.830. The molecule has 2 heterocycles. The molecule has 4 aromatic rings. The molecule has 0 aliphatic rings. The molecule has 0 aliphatic heterocycles. The number of benzene rings is 2. The summed E-state index contributed by atoms with van der Waals surface area (Å²) >= 11 is 0. The summed E-state index contributed by atoms with van der Waals surface area (Å²) in [5, 5.41) is 4.66. The molecule has 0 radical (unpaired) electrons. The van der Waals surface area contributed by atoms with Crippen LogP contribution in [0, 0.1) is 12.7 Å². The number of ketones is 1. The van der Waals surface area contributed by atoms with E-state index >= 15 is 0 Å². The van der Waals surface area contributed by atoms with Gasteiger partial charge in [-0.15, -0.1) is 0 Å². The van der Waals surface area contributed by atoms with Crippen LogP contribution in [0.25, 0.3) is 22.2 Å². The number of hydrogen-bond donors (Lipinski definition) is 0. The Morgan fingerprint density at radius 3 is 2.69 bits per heavy atom. The maximum Gasteiger partial charge on any atom is 0.337 e. The lowest BCUT2D eigenvalue weighted by atomic mass is 9.97. The predicted octanol–water partition coefficient (Wildman–Crippen LogP) is 4.30. The molecule has 29 heavy (non-hydrogen) atoms. The van der Waals surface area contributed by atoms with Crippen LogP contribution in [-0.2, 0) is 11.8 Å². The van der Waals surface area contributed by atoms with Gasteiger partial charge in [-0.3, -0.25) is 4.79 Å². The molecule has 0 aliphatic carbocycles. The predicted molar refractivity (Wildman–Crippen MR) is 104 cm³/mol. The van der Waals surface area contributed by atoms with Gasteiger partial charge in [-0.2, -0.15) is 0 Å². The summed E-state index contributed by atoms with van der Waals surface area (Å²) in [7, 11) is 3.10. The summed E-state index contributed by atoms with van der Waals surface area (Å²) in [4.78, 5) is 25.2. The molecule has 2 aromatic heterocycles. The van der Waals surface area contributed by atoms with Gasteiger partial charge in [0.25, 0.3) is 0 Å². The molecule has 0 bridgehead atoms. The molecule has 0 spiro atoms. The van der Waals surface area contributed by atoms with Gasteiger partial charge in [-0.25, -0.2) is 9.18 Å². The van der Waals surface area contributed by atoms with E-state index in [9.17, 15) is 14.0 Å². The van der Waals surface area contributed by atoms with E-state index in [0.29, 0.717) is 33.4 Å². The van der Waals surface area contributed by atoms with Gasteiger partial charge in [0.15, 0.2) is 0 Å². The van der Waals surface area contributed by atoms with Gasteiger partial charge in [-0.05, 0) is 31.2 Å². The molecule has 0 amide bonds. The molecule has 0 unspecified atom stereocenters. The van der Waals surface area contributed by atoms with Gasteiger partial charge in [0, 0.05) is 35.3 Å². The summed E-state index contributed by atoms with van der Waals surface area (Å²) in [6, 6.07) is 10.8. The third kappa shape index (κ3) is 3.10. The van der Waals surface area contributed by atoms with E-state index in [0.717, 1.165) is 0 Å². The number of nitrogens with zero attached hydrogens (tertiary/aromatic N) is 2. The van der Waals surface area contributed by atoms with Gasteiger partial charge in [-0.1, -0.05) is 23.4 Å². The van der Waals surface area contributed by atoms with Gasteiger partial charge in [0.2, 0.25) is 5.78 Å². The number of ether oxygens (including phenoxy) is 1. The number of hydrogen-bond acceptors (Lipinski definition) is 5. The standard InChI is InChI=1S/C22H17FN2O4/c1-12-19(20(24-29-12)13-5-4-6-15(23)9-13)21(26)17-11-25(2)18-10-14(22(27)28-3)7-8-16(17)18/h4-11H,1-3H3. The van der Waals surface area contributed by atoms with Crippen molar-refractivity contribution < 1.29 is 23.2 Å². The Balaban J connectivity index is 1.85. The van der Waals surface area contributed by atoms with E-state index in [2.05, 4.69) is 5.16 Å². The Labute approximate surface area is 165 Å². The molecule has 0 saturated heterocycles. The van der Waals surface area contributed by atoms with Crippen molar-refractivity contribution >= 4 is 22.7 Å². The second kappa shape index (κ2) is 7.01. The largest absolute Gasteiger partial charge is 0.465 e. The molecule has 0 fully saturated rings. The number of carbonyl (C=O) groups is 2. The maximum atomic E-state index is 13.7. The highest BCUT2D eigenvalue weighted by Crippen LogP contribution is 2.31. The van der Waals surface area contributed by atoms with Crippen LogP contribution in [0.5, 0.6) is 0 Å². The molecule has 7 heteroatoms. The third-order valence-corrected chi connectivity index (χ3v) is 4.84. The van der Waals surface area contributed by atoms with Crippen LogP contribution in [0.1, 0.15) is 32.0 Å². The fourth-order valence-electron chi connectivity index (χ4n) is 3.42. The van der Waals surface area contributed by atoms with E-state index in [4.69, 9.17) is 9.26 Å². The number of carbonyl (C=O) groups excluding carboxylic acids is 2. The van der Waals surface area contributed by atoms with Crippen LogP contribution in [0.15, 0.2) is 53.2 Å². The van der Waals surface area contributed by atoms with Gasteiger partial charge in [0.1, 0.15) is 17.3 Å². The third-order valence-electron chi connectivity index (χ3n) is 4.84. The maximum absolute atomic E-state index is 13.7. The zero-order valence-corrected chi connectivity index (χ0v) is 16.0. The van der Waals surface area contributed by atoms with Crippen molar-refractivity contribution in [3.63, 3.8) is 0 Å². The lowest BCUT2D eigenvalue weighted by Crippen LogP contribution is -2.04. The molecule has 2 aromatic carbocycles. The van der Waals surface area contributed by atoms with Crippen molar-refractivity contribution in [2.45, 2.75) is 6.92 Å². The zero-order valence-electron chi connectivity index (χ0n) is 16.0. The lowest BCUT2D eigenvalue weighted by molar-refractivity contribution is 0.0600. The molecule has 0 atom stereocenters. The van der Waals surface area contributed by atoms with E-state index in [1.165, 1.54) is 19.2 Å². The van der Waals surface area contributed by atoms with Gasteiger partial charge < -0.3 is 13.8 Å². The normalized spacial score (nSPS) is 11.0. The molecule has 0 N–H and O–H groups in total. The zero-order chi connectivity index (χ0) is 20.7. The Morgan fingerprint density at radius 2 is 1.97 bits per heavy atom. The number of aryl methyl sites for hydroxylation is 2. The number of aromatic nitrogens is 2. The topological polar surface area (TPSA) is 74.3 Å². The number of fused-ring (bicyclic) bond motifs is 1. The summed E-state index contributed by atoms with van der Waals surface area (Å²) < 4.78 is 25.5. The van der Waals surface area contributed by atoms with Crippen molar-refractivity contribution in [3.8, 4) is 11.3 Å². The molecule has 6 nitrogen and oxygen atoms in total. The van der Waals surface area contributed by atoms with Gasteiger partial charge in [0.05, 0.1) is 18.2 Å². The van der Waals surface area contributed by atoms with E-state index in [-0.39, 0.29) is 17.0 Å². The first-order valence-electron chi connectivity index (χ1n) is 8.85. The molecular formula is C22H17FN2O4. The van der Waals surface area contributed by atoms with Crippen LogP contribution < -0.4 is 0 Å². The smallest absolute Gasteiger partial charge is 0.337 e. The second-order valence-corrected chi connectivity index (χ2v) is 6.68. The molecular weight excluding hydrogens is 375 g/mol. The van der Waals surface area contributed by atoms with Crippen molar-refractivity contribution in [3.05, 3.63) is 76.9 Å².